The van der Waals surface area contributed by atoms with Crippen molar-refractivity contribution < 1.29 is 8.83 Å². The smallest absolute Gasteiger partial charge is 0.164 e. The summed E-state index contributed by atoms with van der Waals surface area (Å²) in [5.74, 6) is 1.88. The van der Waals surface area contributed by atoms with Crippen molar-refractivity contribution in [3.63, 3.8) is 0 Å². The van der Waals surface area contributed by atoms with Crippen LogP contribution in [0.15, 0.2) is 173 Å². The van der Waals surface area contributed by atoms with Crippen LogP contribution >= 0.6 is 0 Å². The van der Waals surface area contributed by atoms with Crippen molar-refractivity contribution >= 4 is 43.9 Å². The van der Waals surface area contributed by atoms with E-state index in [1.807, 2.05) is 78.9 Å². The molecular formula is C45H27N3O2. The Balaban J connectivity index is 1.11. The number of benzene rings is 7. The highest BCUT2D eigenvalue weighted by Crippen LogP contribution is 2.41. The van der Waals surface area contributed by atoms with E-state index in [0.717, 1.165) is 82.8 Å². The quantitative estimate of drug-likeness (QED) is 0.187. The van der Waals surface area contributed by atoms with Crippen molar-refractivity contribution in [1.82, 2.24) is 15.0 Å². The number of nitrogens with zero attached hydrogens (tertiary/aromatic N) is 3. The maximum Gasteiger partial charge on any atom is 0.164 e. The van der Waals surface area contributed by atoms with Crippen molar-refractivity contribution in [3.8, 4) is 56.4 Å². The molecule has 0 unspecified atom stereocenters. The van der Waals surface area contributed by atoms with Crippen molar-refractivity contribution in [2.45, 2.75) is 0 Å². The molecular weight excluding hydrogens is 615 g/mol. The Morgan fingerprint density at radius 2 is 0.780 bits per heavy atom. The largest absolute Gasteiger partial charge is 0.456 e. The van der Waals surface area contributed by atoms with Crippen LogP contribution in [0.5, 0.6) is 0 Å². The number of fused-ring (bicyclic) bond motifs is 6. The fraction of sp³-hybridized carbons (Fsp3) is 0. The Labute approximate surface area is 287 Å². The van der Waals surface area contributed by atoms with Crippen LogP contribution in [0, 0.1) is 0 Å². The third-order valence-corrected chi connectivity index (χ3v) is 9.34. The van der Waals surface area contributed by atoms with Crippen LogP contribution in [0.1, 0.15) is 0 Å². The Bertz CT molecular complexity index is 2810. The topological polar surface area (TPSA) is 65.0 Å². The van der Waals surface area contributed by atoms with E-state index in [0.29, 0.717) is 17.5 Å². The van der Waals surface area contributed by atoms with Gasteiger partial charge in [0.1, 0.15) is 22.3 Å². The highest BCUT2D eigenvalue weighted by molar-refractivity contribution is 6.14. The monoisotopic (exact) mass is 641 g/mol. The van der Waals surface area contributed by atoms with Gasteiger partial charge in [-0.1, -0.05) is 140 Å². The molecule has 3 heterocycles. The molecule has 0 atom stereocenters. The third-order valence-electron chi connectivity index (χ3n) is 9.34. The van der Waals surface area contributed by atoms with Gasteiger partial charge in [0, 0.05) is 49.4 Å². The van der Waals surface area contributed by atoms with E-state index in [1.165, 1.54) is 0 Å². The summed E-state index contributed by atoms with van der Waals surface area (Å²) < 4.78 is 12.9. The summed E-state index contributed by atoms with van der Waals surface area (Å²) in [4.78, 5) is 14.8. The van der Waals surface area contributed by atoms with Gasteiger partial charge in [0.2, 0.25) is 0 Å². The van der Waals surface area contributed by atoms with Gasteiger partial charge in [-0.15, -0.1) is 0 Å². The normalized spacial score (nSPS) is 11.6. The molecule has 10 rings (SSSR count). The van der Waals surface area contributed by atoms with E-state index in [4.69, 9.17) is 23.8 Å². The lowest BCUT2D eigenvalue weighted by molar-refractivity contribution is 0.668. The molecule has 0 spiro atoms. The first-order valence-corrected chi connectivity index (χ1v) is 16.6. The predicted molar refractivity (Wildman–Crippen MR) is 202 cm³/mol. The van der Waals surface area contributed by atoms with Gasteiger partial charge in [0.05, 0.1) is 0 Å². The van der Waals surface area contributed by atoms with Gasteiger partial charge in [-0.2, -0.15) is 0 Å². The molecule has 234 valence electrons. The van der Waals surface area contributed by atoms with E-state index in [1.54, 1.807) is 0 Å². The standard InChI is InChI=1S/C45H27N3O2/c1-3-12-28(13-4-1)43-46-44(29-14-5-2-6-15-29)48-45(47-43)32-17-9-16-30(26-32)33-19-10-21-36-37-22-11-20-34(42(37)50-41(33)36)31-24-25-40-38(27-31)35-18-7-8-23-39(35)49-40/h1-27H. The van der Waals surface area contributed by atoms with E-state index in [2.05, 4.69) is 84.9 Å². The van der Waals surface area contributed by atoms with Gasteiger partial charge in [-0.25, -0.2) is 15.0 Å². The Morgan fingerprint density at radius 1 is 0.300 bits per heavy atom. The molecule has 0 radical (unpaired) electrons. The second kappa shape index (κ2) is 11.4. The van der Waals surface area contributed by atoms with Gasteiger partial charge >= 0.3 is 0 Å². The molecule has 0 bridgehead atoms. The number of hydrogen-bond acceptors (Lipinski definition) is 5. The van der Waals surface area contributed by atoms with E-state index < -0.39 is 0 Å². The first kappa shape index (κ1) is 28.2. The summed E-state index contributed by atoms with van der Waals surface area (Å²) in [6.07, 6.45) is 0. The zero-order valence-electron chi connectivity index (χ0n) is 26.7. The van der Waals surface area contributed by atoms with Gasteiger partial charge < -0.3 is 8.83 Å². The molecule has 0 amide bonds. The molecule has 0 aliphatic heterocycles. The van der Waals surface area contributed by atoms with Crippen molar-refractivity contribution in [2.24, 2.45) is 0 Å². The number of para-hydroxylation sites is 3. The first-order valence-electron chi connectivity index (χ1n) is 16.6. The summed E-state index contributed by atoms with van der Waals surface area (Å²) in [6, 6.07) is 55.7. The minimum atomic E-state index is 0.612. The maximum absolute atomic E-state index is 6.84. The minimum absolute atomic E-state index is 0.612. The number of aromatic nitrogens is 3. The van der Waals surface area contributed by atoms with Gasteiger partial charge in [-0.3, -0.25) is 0 Å². The molecule has 0 N–H and O–H groups in total. The van der Waals surface area contributed by atoms with Crippen LogP contribution in [0.2, 0.25) is 0 Å². The van der Waals surface area contributed by atoms with Crippen LogP contribution in [0.4, 0.5) is 0 Å². The summed E-state index contributed by atoms with van der Waals surface area (Å²) in [5.41, 5.74) is 10.4. The van der Waals surface area contributed by atoms with Crippen LogP contribution in [0.25, 0.3) is 100 Å². The van der Waals surface area contributed by atoms with E-state index >= 15 is 0 Å². The summed E-state index contributed by atoms with van der Waals surface area (Å²) >= 11 is 0. The maximum atomic E-state index is 6.84. The summed E-state index contributed by atoms with van der Waals surface area (Å²) in [7, 11) is 0. The molecule has 0 saturated heterocycles. The number of rotatable bonds is 5. The molecule has 5 heteroatoms. The van der Waals surface area contributed by atoms with Gasteiger partial charge in [0.25, 0.3) is 0 Å². The summed E-state index contributed by atoms with van der Waals surface area (Å²) in [5, 5.41) is 4.34. The van der Waals surface area contributed by atoms with Crippen molar-refractivity contribution in [1.29, 1.82) is 0 Å². The highest BCUT2D eigenvalue weighted by Gasteiger charge is 2.18. The number of furan rings is 2. The molecule has 50 heavy (non-hydrogen) atoms. The predicted octanol–water partition coefficient (Wildman–Crippen LogP) is 12.0. The zero-order chi connectivity index (χ0) is 33.0. The zero-order valence-corrected chi connectivity index (χ0v) is 26.7. The summed E-state index contributed by atoms with van der Waals surface area (Å²) in [6.45, 7) is 0. The van der Waals surface area contributed by atoms with Crippen molar-refractivity contribution in [2.75, 3.05) is 0 Å². The molecule has 5 nitrogen and oxygen atoms in total. The van der Waals surface area contributed by atoms with E-state index in [-0.39, 0.29) is 0 Å². The first-order chi connectivity index (χ1) is 24.8. The van der Waals surface area contributed by atoms with Crippen LogP contribution in [-0.4, -0.2) is 15.0 Å². The molecule has 7 aromatic carbocycles. The fourth-order valence-corrected chi connectivity index (χ4v) is 6.93. The third kappa shape index (κ3) is 4.67. The molecule has 3 aromatic heterocycles. The van der Waals surface area contributed by atoms with Crippen molar-refractivity contribution in [3.05, 3.63) is 164 Å². The fourth-order valence-electron chi connectivity index (χ4n) is 6.93. The van der Waals surface area contributed by atoms with Crippen LogP contribution < -0.4 is 0 Å². The second-order valence-corrected chi connectivity index (χ2v) is 12.4. The molecule has 0 fully saturated rings. The lowest BCUT2D eigenvalue weighted by Crippen LogP contribution is -2.00. The molecule has 0 saturated carbocycles. The Hall–Kier alpha value is -6.85. The Kier molecular flexibility index (Phi) is 6.42. The second-order valence-electron chi connectivity index (χ2n) is 12.4. The van der Waals surface area contributed by atoms with Gasteiger partial charge in [-0.05, 0) is 35.4 Å². The van der Waals surface area contributed by atoms with Gasteiger partial charge in [0.15, 0.2) is 17.5 Å². The lowest BCUT2D eigenvalue weighted by atomic mass is 9.98. The SMILES string of the molecule is c1ccc(-c2nc(-c3ccccc3)nc(-c3cccc(-c4cccc5c4oc4c(-c6ccc7oc8ccccc8c7c6)cccc45)c3)n2)cc1. The Morgan fingerprint density at radius 3 is 1.44 bits per heavy atom. The average Bonchev–Trinajstić information content (AvgIpc) is 3.77. The molecule has 0 aliphatic carbocycles. The van der Waals surface area contributed by atoms with E-state index in [9.17, 15) is 0 Å². The van der Waals surface area contributed by atoms with Crippen LogP contribution in [-0.2, 0) is 0 Å². The molecule has 0 aliphatic rings. The average molecular weight is 642 g/mol. The number of hydrogen-bond donors (Lipinski definition) is 0. The highest BCUT2D eigenvalue weighted by atomic mass is 16.3. The van der Waals surface area contributed by atoms with Crippen LogP contribution in [0.3, 0.4) is 0 Å². The molecule has 10 aromatic rings. The minimum Gasteiger partial charge on any atom is -0.456 e. The lowest BCUT2D eigenvalue weighted by Gasteiger charge is -2.10.